The molecule has 1 fully saturated rings. The molecule has 4 heteroatoms. The Morgan fingerprint density at radius 3 is 3.00 bits per heavy atom. The molecular weight excluding hydrogens is 256 g/mol. The Hall–Kier alpha value is -0.770. The van der Waals surface area contributed by atoms with Crippen molar-refractivity contribution in [3.63, 3.8) is 0 Å². The number of aromatic nitrogens is 1. The highest BCUT2D eigenvalue weighted by atomic mass is 79.9. The van der Waals surface area contributed by atoms with Crippen molar-refractivity contribution < 1.29 is 4.79 Å². The fraction of sp³-hybridized carbons (Fsp3) is 0.545. The Morgan fingerprint density at radius 1 is 1.60 bits per heavy atom. The number of carbonyl (C=O) groups is 1. The van der Waals surface area contributed by atoms with Gasteiger partial charge in [-0.15, -0.1) is 0 Å². The largest absolute Gasteiger partial charge is 0.356 e. The van der Waals surface area contributed by atoms with Crippen LogP contribution < -0.4 is 0 Å². The molecule has 1 unspecified atom stereocenters. The first kappa shape index (κ1) is 10.7. The quantitative estimate of drug-likeness (QED) is 0.837. The van der Waals surface area contributed by atoms with Crippen molar-refractivity contribution in [2.24, 2.45) is 0 Å². The van der Waals surface area contributed by atoms with Crippen molar-refractivity contribution in [3.05, 3.63) is 22.4 Å². The second-order valence-corrected chi connectivity index (χ2v) is 4.99. The third-order valence-corrected chi connectivity index (χ3v) is 3.40. The Balaban J connectivity index is 2.13. The summed E-state index contributed by atoms with van der Waals surface area (Å²) in [7, 11) is 0. The summed E-state index contributed by atoms with van der Waals surface area (Å²) in [6.45, 7) is 3.01. The Kier molecular flexibility index (Phi) is 3.14. The number of aromatic amines is 1. The summed E-state index contributed by atoms with van der Waals surface area (Å²) in [6.07, 6.45) is 5.27. The monoisotopic (exact) mass is 270 g/mol. The lowest BCUT2D eigenvalue weighted by molar-refractivity contribution is 0.0630. The van der Waals surface area contributed by atoms with Crippen LogP contribution in [0.2, 0.25) is 0 Å². The second-order valence-electron chi connectivity index (χ2n) is 4.07. The molecule has 1 aliphatic heterocycles. The number of nitrogens with zero attached hydrogens (tertiary/aromatic N) is 1. The van der Waals surface area contributed by atoms with Crippen molar-refractivity contribution >= 4 is 21.8 Å². The summed E-state index contributed by atoms with van der Waals surface area (Å²) in [6, 6.07) is 2.21. The van der Waals surface area contributed by atoms with Crippen LogP contribution in [0.3, 0.4) is 0 Å². The van der Waals surface area contributed by atoms with Gasteiger partial charge in [0.1, 0.15) is 5.69 Å². The number of hydrogen-bond acceptors (Lipinski definition) is 1. The van der Waals surface area contributed by atoms with Crippen molar-refractivity contribution in [1.82, 2.24) is 9.88 Å². The van der Waals surface area contributed by atoms with E-state index in [-0.39, 0.29) is 5.91 Å². The van der Waals surface area contributed by atoms with Crippen molar-refractivity contribution in [1.29, 1.82) is 0 Å². The predicted octanol–water partition coefficient (Wildman–Crippen LogP) is 2.79. The van der Waals surface area contributed by atoms with Gasteiger partial charge >= 0.3 is 0 Å². The molecule has 1 saturated heterocycles. The molecule has 1 aromatic heterocycles. The minimum atomic E-state index is 0.118. The molecule has 3 nitrogen and oxygen atoms in total. The van der Waals surface area contributed by atoms with Gasteiger partial charge in [0, 0.05) is 23.3 Å². The van der Waals surface area contributed by atoms with E-state index in [1.807, 2.05) is 11.0 Å². The van der Waals surface area contributed by atoms with Gasteiger partial charge in [0.25, 0.3) is 5.91 Å². The van der Waals surface area contributed by atoms with E-state index in [2.05, 4.69) is 27.8 Å². The zero-order valence-electron chi connectivity index (χ0n) is 8.79. The van der Waals surface area contributed by atoms with Gasteiger partial charge in [0.15, 0.2) is 0 Å². The lowest BCUT2D eigenvalue weighted by Gasteiger charge is -2.33. The summed E-state index contributed by atoms with van der Waals surface area (Å²) >= 11 is 3.34. The molecule has 0 spiro atoms. The van der Waals surface area contributed by atoms with E-state index >= 15 is 0 Å². The highest BCUT2D eigenvalue weighted by molar-refractivity contribution is 9.10. The minimum absolute atomic E-state index is 0.118. The van der Waals surface area contributed by atoms with Gasteiger partial charge < -0.3 is 9.88 Å². The number of H-pyrrole nitrogens is 1. The molecule has 1 amide bonds. The number of rotatable bonds is 1. The summed E-state index contributed by atoms with van der Waals surface area (Å²) in [4.78, 5) is 17.0. The first-order chi connectivity index (χ1) is 7.18. The first-order valence-corrected chi connectivity index (χ1v) is 6.12. The molecule has 1 aliphatic rings. The predicted molar refractivity (Wildman–Crippen MR) is 62.8 cm³/mol. The molecule has 0 bridgehead atoms. The maximum Gasteiger partial charge on any atom is 0.270 e. The maximum atomic E-state index is 12.1. The number of amides is 1. The van der Waals surface area contributed by atoms with Gasteiger partial charge in [-0.05, 0) is 48.2 Å². The normalized spacial score (nSPS) is 21.7. The van der Waals surface area contributed by atoms with E-state index in [9.17, 15) is 4.79 Å². The molecule has 0 saturated carbocycles. The topological polar surface area (TPSA) is 36.1 Å². The van der Waals surface area contributed by atoms with Crippen LogP contribution in [-0.2, 0) is 0 Å². The summed E-state index contributed by atoms with van der Waals surface area (Å²) in [5, 5.41) is 0. The number of nitrogens with one attached hydrogen (secondary N) is 1. The third-order valence-electron chi connectivity index (χ3n) is 2.94. The molecule has 0 radical (unpaired) electrons. The highest BCUT2D eigenvalue weighted by Crippen LogP contribution is 2.20. The average molecular weight is 271 g/mol. The maximum absolute atomic E-state index is 12.1. The van der Waals surface area contributed by atoms with Crippen LogP contribution in [0.1, 0.15) is 36.7 Å². The molecular formula is C11H15BrN2O. The van der Waals surface area contributed by atoms with Crippen LogP contribution in [0.4, 0.5) is 0 Å². The zero-order valence-corrected chi connectivity index (χ0v) is 10.4. The van der Waals surface area contributed by atoms with E-state index in [1.165, 1.54) is 6.42 Å². The fourth-order valence-electron chi connectivity index (χ4n) is 2.05. The Morgan fingerprint density at radius 2 is 2.40 bits per heavy atom. The summed E-state index contributed by atoms with van der Waals surface area (Å²) in [5.74, 6) is 0.118. The number of piperidine rings is 1. The first-order valence-electron chi connectivity index (χ1n) is 5.33. The standard InChI is InChI=1S/C11H15BrN2O/c1-8-4-2-3-5-14(8)11(15)10-6-9(12)7-13-10/h6-8,13H,2-5H2,1H3. The van der Waals surface area contributed by atoms with E-state index in [1.54, 1.807) is 6.20 Å². The average Bonchev–Trinajstić information content (AvgIpc) is 2.65. The van der Waals surface area contributed by atoms with Crippen molar-refractivity contribution in [2.75, 3.05) is 6.54 Å². The SMILES string of the molecule is CC1CCCCN1C(=O)c1cc(Br)c[nH]1. The molecule has 2 heterocycles. The smallest absolute Gasteiger partial charge is 0.270 e. The van der Waals surface area contributed by atoms with Crippen LogP contribution in [0.25, 0.3) is 0 Å². The van der Waals surface area contributed by atoms with Gasteiger partial charge in [-0.25, -0.2) is 0 Å². The molecule has 0 aromatic carbocycles. The third kappa shape index (κ3) is 2.25. The van der Waals surface area contributed by atoms with Crippen LogP contribution in [0.15, 0.2) is 16.7 Å². The minimum Gasteiger partial charge on any atom is -0.356 e. The summed E-state index contributed by atoms with van der Waals surface area (Å²) in [5.41, 5.74) is 0.677. The molecule has 15 heavy (non-hydrogen) atoms. The molecule has 1 atom stereocenters. The van der Waals surface area contributed by atoms with E-state index in [4.69, 9.17) is 0 Å². The van der Waals surface area contributed by atoms with E-state index in [0.717, 1.165) is 23.9 Å². The van der Waals surface area contributed by atoms with Gasteiger partial charge in [-0.3, -0.25) is 4.79 Å². The Bertz CT molecular complexity index is 361. The summed E-state index contributed by atoms with van der Waals surface area (Å²) < 4.78 is 0.926. The second kappa shape index (κ2) is 4.39. The van der Waals surface area contributed by atoms with Gasteiger partial charge in [-0.2, -0.15) is 0 Å². The van der Waals surface area contributed by atoms with Gasteiger partial charge in [0.05, 0.1) is 0 Å². The van der Waals surface area contributed by atoms with Crippen molar-refractivity contribution in [2.45, 2.75) is 32.2 Å². The van der Waals surface area contributed by atoms with Crippen molar-refractivity contribution in [3.8, 4) is 0 Å². The molecule has 2 rings (SSSR count). The van der Waals surface area contributed by atoms with E-state index < -0.39 is 0 Å². The number of likely N-dealkylation sites (tertiary alicyclic amines) is 1. The lowest BCUT2D eigenvalue weighted by Crippen LogP contribution is -2.42. The number of halogens is 1. The number of hydrogen-bond donors (Lipinski definition) is 1. The molecule has 1 aromatic rings. The van der Waals surface area contributed by atoms with Gasteiger partial charge in [0.2, 0.25) is 0 Å². The van der Waals surface area contributed by atoms with Gasteiger partial charge in [-0.1, -0.05) is 0 Å². The van der Waals surface area contributed by atoms with Crippen LogP contribution >= 0.6 is 15.9 Å². The lowest BCUT2D eigenvalue weighted by atomic mass is 10.0. The molecule has 82 valence electrons. The highest BCUT2D eigenvalue weighted by Gasteiger charge is 2.24. The van der Waals surface area contributed by atoms with E-state index in [0.29, 0.717) is 11.7 Å². The fourth-order valence-corrected chi connectivity index (χ4v) is 2.39. The van der Waals surface area contributed by atoms with Crippen LogP contribution in [-0.4, -0.2) is 28.4 Å². The zero-order chi connectivity index (χ0) is 10.8. The molecule has 0 aliphatic carbocycles. The number of carbonyl (C=O) groups excluding carboxylic acids is 1. The van der Waals surface area contributed by atoms with Crippen LogP contribution in [0.5, 0.6) is 0 Å². The van der Waals surface area contributed by atoms with Crippen LogP contribution in [0, 0.1) is 0 Å². The molecule has 1 N–H and O–H groups in total. The Labute approximate surface area is 98.0 Å².